The Morgan fingerprint density at radius 3 is 2.73 bits per heavy atom. The number of rotatable bonds is 7. The fraction of sp³-hybridized carbons (Fsp3) is 1.00. The Balaban J connectivity index is 2.80. The highest BCUT2D eigenvalue weighted by molar-refractivity contribution is 6.20. The maximum absolute atomic E-state index is 5.77. The van der Waals surface area contributed by atoms with Gasteiger partial charge in [-0.2, -0.15) is 0 Å². The molecule has 0 amide bonds. The van der Waals surface area contributed by atoms with E-state index < -0.39 is 0 Å². The molecule has 0 heterocycles. The third-order valence-corrected chi connectivity index (χ3v) is 1.66. The highest BCUT2D eigenvalue weighted by Crippen LogP contribution is 2.01. The van der Waals surface area contributed by atoms with Gasteiger partial charge in [-0.25, -0.2) is 0 Å². The molecule has 0 saturated heterocycles. The van der Waals surface area contributed by atoms with Crippen LogP contribution in [-0.2, 0) is 4.74 Å². The number of alkyl halides is 1. The molecule has 11 heavy (non-hydrogen) atoms. The Kier molecular flexibility index (Phi) is 8.47. The standard InChI is InChI=1S/C8H18ClNO/c1-8(9)4-3-5-10-6-7-11-2/h8,10H,3-7H2,1-2H3. The van der Waals surface area contributed by atoms with Crippen LogP contribution in [0.25, 0.3) is 0 Å². The predicted molar refractivity (Wildman–Crippen MR) is 49.3 cm³/mol. The summed E-state index contributed by atoms with van der Waals surface area (Å²) < 4.78 is 4.88. The third-order valence-electron chi connectivity index (χ3n) is 1.44. The molecule has 0 aliphatic carbocycles. The second-order valence-electron chi connectivity index (χ2n) is 2.67. The van der Waals surface area contributed by atoms with Crippen molar-refractivity contribution in [1.29, 1.82) is 0 Å². The maximum atomic E-state index is 5.77. The van der Waals surface area contributed by atoms with Crippen LogP contribution in [0, 0.1) is 0 Å². The average Bonchev–Trinajstić information content (AvgIpc) is 1.96. The number of hydrogen-bond acceptors (Lipinski definition) is 2. The van der Waals surface area contributed by atoms with E-state index >= 15 is 0 Å². The van der Waals surface area contributed by atoms with Gasteiger partial charge in [0.15, 0.2) is 0 Å². The highest BCUT2D eigenvalue weighted by atomic mass is 35.5. The lowest BCUT2D eigenvalue weighted by atomic mass is 10.2. The van der Waals surface area contributed by atoms with Crippen LogP contribution in [0.4, 0.5) is 0 Å². The predicted octanol–water partition coefficient (Wildman–Crippen LogP) is 1.63. The quantitative estimate of drug-likeness (QED) is 0.474. The molecule has 1 unspecified atom stereocenters. The average molecular weight is 180 g/mol. The molecule has 0 spiro atoms. The van der Waals surface area contributed by atoms with Gasteiger partial charge in [-0.3, -0.25) is 0 Å². The molecule has 0 aliphatic heterocycles. The zero-order chi connectivity index (χ0) is 8.53. The van der Waals surface area contributed by atoms with E-state index in [9.17, 15) is 0 Å². The zero-order valence-corrected chi connectivity index (χ0v) is 8.16. The van der Waals surface area contributed by atoms with Crippen molar-refractivity contribution >= 4 is 11.6 Å². The summed E-state index contributed by atoms with van der Waals surface area (Å²) in [6, 6.07) is 0. The van der Waals surface area contributed by atoms with E-state index in [0.29, 0.717) is 5.38 Å². The molecule has 0 aromatic heterocycles. The van der Waals surface area contributed by atoms with Crippen LogP contribution in [0.3, 0.4) is 0 Å². The summed E-state index contributed by atoms with van der Waals surface area (Å²) in [6.45, 7) is 4.79. The Morgan fingerprint density at radius 2 is 2.18 bits per heavy atom. The number of nitrogens with one attached hydrogen (secondary N) is 1. The Hall–Kier alpha value is 0.210. The van der Waals surface area contributed by atoms with Crippen LogP contribution in [-0.4, -0.2) is 32.2 Å². The van der Waals surface area contributed by atoms with E-state index in [-0.39, 0.29) is 0 Å². The van der Waals surface area contributed by atoms with Gasteiger partial charge in [0.1, 0.15) is 0 Å². The summed E-state index contributed by atoms with van der Waals surface area (Å²) in [5.41, 5.74) is 0. The summed E-state index contributed by atoms with van der Waals surface area (Å²) in [4.78, 5) is 0. The number of ether oxygens (including phenoxy) is 1. The highest BCUT2D eigenvalue weighted by Gasteiger charge is 1.94. The first-order valence-corrected chi connectivity index (χ1v) is 4.54. The number of methoxy groups -OCH3 is 1. The van der Waals surface area contributed by atoms with E-state index in [4.69, 9.17) is 16.3 Å². The molecule has 0 bridgehead atoms. The van der Waals surface area contributed by atoms with Crippen molar-refractivity contribution in [2.75, 3.05) is 26.8 Å². The normalized spacial score (nSPS) is 13.4. The van der Waals surface area contributed by atoms with Crippen LogP contribution < -0.4 is 5.32 Å². The van der Waals surface area contributed by atoms with Gasteiger partial charge in [-0.15, -0.1) is 11.6 Å². The van der Waals surface area contributed by atoms with Gasteiger partial charge < -0.3 is 10.1 Å². The molecule has 0 fully saturated rings. The monoisotopic (exact) mass is 179 g/mol. The molecule has 68 valence electrons. The summed E-state index contributed by atoms with van der Waals surface area (Å²) in [5.74, 6) is 0. The molecule has 0 rings (SSSR count). The van der Waals surface area contributed by atoms with Crippen LogP contribution in [0.1, 0.15) is 19.8 Å². The second-order valence-corrected chi connectivity index (χ2v) is 3.41. The van der Waals surface area contributed by atoms with Gasteiger partial charge in [-0.1, -0.05) is 0 Å². The van der Waals surface area contributed by atoms with Gasteiger partial charge in [0, 0.05) is 19.0 Å². The first kappa shape index (κ1) is 11.2. The molecule has 3 heteroatoms. The lowest BCUT2D eigenvalue weighted by Crippen LogP contribution is -2.20. The first-order valence-electron chi connectivity index (χ1n) is 4.11. The zero-order valence-electron chi connectivity index (χ0n) is 7.40. The molecule has 0 aliphatic rings. The minimum absolute atomic E-state index is 0.305. The van der Waals surface area contributed by atoms with Gasteiger partial charge in [-0.05, 0) is 26.3 Å². The molecule has 0 radical (unpaired) electrons. The van der Waals surface area contributed by atoms with Crippen LogP contribution >= 0.6 is 11.6 Å². The van der Waals surface area contributed by atoms with Gasteiger partial charge >= 0.3 is 0 Å². The van der Waals surface area contributed by atoms with Crippen molar-refractivity contribution in [3.63, 3.8) is 0 Å². The van der Waals surface area contributed by atoms with E-state index in [1.807, 2.05) is 6.92 Å². The van der Waals surface area contributed by atoms with Gasteiger partial charge in [0.2, 0.25) is 0 Å². The first-order chi connectivity index (χ1) is 5.27. The SMILES string of the molecule is COCCNCCCC(C)Cl. The molecular formula is C8H18ClNO. The summed E-state index contributed by atoms with van der Waals surface area (Å²) in [5, 5.41) is 3.56. The van der Waals surface area contributed by atoms with Crippen molar-refractivity contribution in [2.45, 2.75) is 25.1 Å². The number of hydrogen-bond donors (Lipinski definition) is 1. The minimum atomic E-state index is 0.305. The third kappa shape index (κ3) is 10.2. The Labute approximate surface area is 74.3 Å². The van der Waals surface area contributed by atoms with E-state index in [0.717, 1.165) is 32.5 Å². The maximum Gasteiger partial charge on any atom is 0.0587 e. The van der Waals surface area contributed by atoms with Crippen molar-refractivity contribution in [3.05, 3.63) is 0 Å². The molecule has 2 nitrogen and oxygen atoms in total. The van der Waals surface area contributed by atoms with Crippen molar-refractivity contribution in [1.82, 2.24) is 5.32 Å². The van der Waals surface area contributed by atoms with Crippen LogP contribution in [0.5, 0.6) is 0 Å². The Bertz CT molecular complexity index is 78.5. The molecule has 0 aromatic rings. The lowest BCUT2D eigenvalue weighted by molar-refractivity contribution is 0.199. The largest absolute Gasteiger partial charge is 0.383 e. The fourth-order valence-electron chi connectivity index (χ4n) is 0.808. The summed E-state index contributed by atoms with van der Waals surface area (Å²) in [7, 11) is 1.71. The van der Waals surface area contributed by atoms with E-state index in [1.54, 1.807) is 7.11 Å². The topological polar surface area (TPSA) is 21.3 Å². The molecule has 1 atom stereocenters. The van der Waals surface area contributed by atoms with Crippen molar-refractivity contribution < 1.29 is 4.74 Å². The number of halogens is 1. The van der Waals surface area contributed by atoms with Gasteiger partial charge in [0.05, 0.1) is 6.61 Å². The summed E-state index contributed by atoms with van der Waals surface area (Å²) >= 11 is 5.77. The molecule has 0 saturated carbocycles. The molecule has 1 N–H and O–H groups in total. The molecular weight excluding hydrogens is 162 g/mol. The van der Waals surface area contributed by atoms with Crippen LogP contribution in [0.2, 0.25) is 0 Å². The second kappa shape index (κ2) is 8.31. The minimum Gasteiger partial charge on any atom is -0.383 e. The van der Waals surface area contributed by atoms with E-state index in [2.05, 4.69) is 5.32 Å². The summed E-state index contributed by atoms with van der Waals surface area (Å²) in [6.07, 6.45) is 2.23. The van der Waals surface area contributed by atoms with Gasteiger partial charge in [0.25, 0.3) is 0 Å². The lowest BCUT2D eigenvalue weighted by Gasteiger charge is -2.04. The smallest absolute Gasteiger partial charge is 0.0587 e. The molecule has 0 aromatic carbocycles. The van der Waals surface area contributed by atoms with Crippen LogP contribution in [0.15, 0.2) is 0 Å². The van der Waals surface area contributed by atoms with Crippen molar-refractivity contribution in [2.24, 2.45) is 0 Å². The van der Waals surface area contributed by atoms with E-state index in [1.165, 1.54) is 0 Å². The Morgan fingerprint density at radius 1 is 1.45 bits per heavy atom. The fourth-order valence-corrected chi connectivity index (χ4v) is 0.962. The van der Waals surface area contributed by atoms with Crippen molar-refractivity contribution in [3.8, 4) is 0 Å².